The lowest BCUT2D eigenvalue weighted by Crippen LogP contribution is -2.50. The molecule has 96 valence electrons. The van der Waals surface area contributed by atoms with Gasteiger partial charge in [0.05, 0.1) is 4.99 Å². The van der Waals surface area contributed by atoms with Crippen LogP contribution in [0.2, 0.25) is 0 Å². The van der Waals surface area contributed by atoms with Crippen LogP contribution in [-0.4, -0.2) is 53.4 Å². The zero-order chi connectivity index (χ0) is 12.4. The van der Waals surface area contributed by atoms with Crippen LogP contribution in [0.1, 0.15) is 19.8 Å². The molecule has 1 heterocycles. The second kappa shape index (κ2) is 5.31. The highest BCUT2D eigenvalue weighted by atomic mass is 32.1. The molecule has 2 aliphatic rings. The minimum Gasteiger partial charge on any atom is -0.393 e. The minimum atomic E-state index is 0.260. The predicted octanol–water partition coefficient (Wildman–Crippen LogP) is 0.463. The molecule has 1 saturated carbocycles. The maximum absolute atomic E-state index is 11.9. The van der Waals surface area contributed by atoms with Gasteiger partial charge in [-0.3, -0.25) is 9.69 Å². The van der Waals surface area contributed by atoms with Gasteiger partial charge in [-0.25, -0.2) is 0 Å². The first-order valence-electron chi connectivity index (χ1n) is 6.38. The molecule has 1 aliphatic carbocycles. The Kier molecular flexibility index (Phi) is 3.99. The van der Waals surface area contributed by atoms with Crippen molar-refractivity contribution in [3.63, 3.8) is 0 Å². The van der Waals surface area contributed by atoms with E-state index in [1.807, 2.05) is 4.90 Å². The third kappa shape index (κ3) is 3.39. The topological polar surface area (TPSA) is 49.6 Å². The normalized spacial score (nSPS) is 23.5. The van der Waals surface area contributed by atoms with E-state index in [-0.39, 0.29) is 5.92 Å². The quantitative estimate of drug-likeness (QED) is 0.742. The van der Waals surface area contributed by atoms with Crippen molar-refractivity contribution < 1.29 is 4.79 Å². The Morgan fingerprint density at radius 1 is 1.35 bits per heavy atom. The van der Waals surface area contributed by atoms with Gasteiger partial charge in [-0.2, -0.15) is 0 Å². The minimum absolute atomic E-state index is 0.260. The summed E-state index contributed by atoms with van der Waals surface area (Å²) in [5.74, 6) is 0.972. The van der Waals surface area contributed by atoms with E-state index in [0.717, 1.165) is 45.6 Å². The van der Waals surface area contributed by atoms with Crippen LogP contribution in [0.4, 0.5) is 0 Å². The van der Waals surface area contributed by atoms with Crippen LogP contribution < -0.4 is 5.73 Å². The molecule has 1 atom stereocenters. The van der Waals surface area contributed by atoms with Gasteiger partial charge in [0, 0.05) is 44.6 Å². The number of rotatable bonds is 4. The van der Waals surface area contributed by atoms with Crippen LogP contribution in [0.15, 0.2) is 0 Å². The molecular weight excluding hydrogens is 234 g/mol. The van der Waals surface area contributed by atoms with Crippen molar-refractivity contribution in [2.75, 3.05) is 32.7 Å². The van der Waals surface area contributed by atoms with E-state index < -0.39 is 0 Å². The molecule has 17 heavy (non-hydrogen) atoms. The van der Waals surface area contributed by atoms with Crippen LogP contribution in [-0.2, 0) is 4.79 Å². The van der Waals surface area contributed by atoms with E-state index in [1.54, 1.807) is 0 Å². The number of piperazine rings is 1. The first kappa shape index (κ1) is 12.8. The van der Waals surface area contributed by atoms with Gasteiger partial charge in [0.15, 0.2) is 0 Å². The molecule has 0 aromatic heterocycles. The fraction of sp³-hybridized carbons (Fsp3) is 0.833. The molecule has 1 unspecified atom stereocenters. The van der Waals surface area contributed by atoms with Crippen LogP contribution in [0.5, 0.6) is 0 Å². The molecule has 4 nitrogen and oxygen atoms in total. The van der Waals surface area contributed by atoms with Crippen molar-refractivity contribution in [1.82, 2.24) is 9.80 Å². The molecule has 1 aliphatic heterocycles. The first-order valence-corrected chi connectivity index (χ1v) is 6.79. The van der Waals surface area contributed by atoms with Gasteiger partial charge in [0.2, 0.25) is 5.91 Å². The second-order valence-electron chi connectivity index (χ2n) is 5.20. The fourth-order valence-electron chi connectivity index (χ4n) is 2.22. The number of carbonyl (C=O) groups is 1. The van der Waals surface area contributed by atoms with Crippen molar-refractivity contribution in [2.45, 2.75) is 19.8 Å². The molecule has 0 spiro atoms. The molecule has 0 bridgehead atoms. The highest BCUT2D eigenvalue weighted by Gasteiger charge is 2.34. The Morgan fingerprint density at radius 2 is 1.94 bits per heavy atom. The smallest absolute Gasteiger partial charge is 0.225 e. The Morgan fingerprint density at radius 3 is 2.41 bits per heavy atom. The van der Waals surface area contributed by atoms with E-state index in [4.69, 9.17) is 18.0 Å². The number of carbonyl (C=O) groups excluding carboxylic acids is 1. The summed E-state index contributed by atoms with van der Waals surface area (Å²) in [6.45, 7) is 6.60. The second-order valence-corrected chi connectivity index (χ2v) is 5.67. The zero-order valence-corrected chi connectivity index (χ0v) is 11.2. The Balaban J connectivity index is 1.73. The van der Waals surface area contributed by atoms with E-state index in [9.17, 15) is 4.79 Å². The van der Waals surface area contributed by atoms with E-state index >= 15 is 0 Å². The van der Waals surface area contributed by atoms with Crippen molar-refractivity contribution in [2.24, 2.45) is 17.6 Å². The Bertz CT molecular complexity index is 309. The average molecular weight is 255 g/mol. The largest absolute Gasteiger partial charge is 0.393 e. The Hall–Kier alpha value is -0.680. The highest BCUT2D eigenvalue weighted by Crippen LogP contribution is 2.31. The molecular formula is C12H21N3OS. The summed E-state index contributed by atoms with van der Waals surface area (Å²) < 4.78 is 0. The molecule has 2 rings (SSSR count). The lowest BCUT2D eigenvalue weighted by molar-refractivity contribution is -0.134. The predicted molar refractivity (Wildman–Crippen MR) is 71.7 cm³/mol. The summed E-state index contributed by atoms with van der Waals surface area (Å²) in [4.78, 5) is 16.8. The number of thiocarbonyl (C=S) groups is 1. The SMILES string of the molecule is CC(CN1CCN(C(=O)C2CC2)CC1)C(N)=S. The zero-order valence-electron chi connectivity index (χ0n) is 10.4. The summed E-state index contributed by atoms with van der Waals surface area (Å²) in [5.41, 5.74) is 5.62. The van der Waals surface area contributed by atoms with Gasteiger partial charge < -0.3 is 10.6 Å². The lowest BCUT2D eigenvalue weighted by atomic mass is 10.1. The van der Waals surface area contributed by atoms with Crippen molar-refractivity contribution in [1.29, 1.82) is 0 Å². The number of nitrogens with two attached hydrogens (primary N) is 1. The van der Waals surface area contributed by atoms with E-state index in [1.165, 1.54) is 0 Å². The molecule has 2 N–H and O–H groups in total. The monoisotopic (exact) mass is 255 g/mol. The highest BCUT2D eigenvalue weighted by molar-refractivity contribution is 7.80. The van der Waals surface area contributed by atoms with Gasteiger partial charge >= 0.3 is 0 Å². The van der Waals surface area contributed by atoms with Crippen LogP contribution in [0, 0.1) is 11.8 Å². The maximum atomic E-state index is 11.9. The van der Waals surface area contributed by atoms with Gasteiger partial charge in [-0.05, 0) is 12.8 Å². The number of hydrogen-bond acceptors (Lipinski definition) is 3. The average Bonchev–Trinajstić information content (AvgIpc) is 3.13. The van der Waals surface area contributed by atoms with E-state index in [0.29, 0.717) is 16.8 Å². The van der Waals surface area contributed by atoms with Crippen LogP contribution in [0.25, 0.3) is 0 Å². The molecule has 5 heteroatoms. The molecule has 0 aromatic carbocycles. The van der Waals surface area contributed by atoms with Gasteiger partial charge in [-0.1, -0.05) is 19.1 Å². The van der Waals surface area contributed by atoms with Crippen molar-refractivity contribution >= 4 is 23.1 Å². The molecule has 1 saturated heterocycles. The fourth-order valence-corrected chi connectivity index (χ4v) is 2.29. The molecule has 1 amide bonds. The number of nitrogens with zero attached hydrogens (tertiary/aromatic N) is 2. The molecule has 0 radical (unpaired) electrons. The summed E-state index contributed by atoms with van der Waals surface area (Å²) in [6.07, 6.45) is 2.19. The lowest BCUT2D eigenvalue weighted by Gasteiger charge is -2.35. The first-order chi connectivity index (χ1) is 8.08. The third-order valence-corrected chi connectivity index (χ3v) is 4.03. The summed E-state index contributed by atoms with van der Waals surface area (Å²) in [7, 11) is 0. The summed E-state index contributed by atoms with van der Waals surface area (Å²) >= 11 is 4.98. The molecule has 0 aromatic rings. The third-order valence-electron chi connectivity index (χ3n) is 3.63. The maximum Gasteiger partial charge on any atom is 0.225 e. The summed E-state index contributed by atoms with van der Waals surface area (Å²) in [6, 6.07) is 0. The number of hydrogen-bond donors (Lipinski definition) is 1. The van der Waals surface area contributed by atoms with Gasteiger partial charge in [-0.15, -0.1) is 0 Å². The summed E-state index contributed by atoms with van der Waals surface area (Å²) in [5, 5.41) is 0. The van der Waals surface area contributed by atoms with Crippen LogP contribution in [0.3, 0.4) is 0 Å². The van der Waals surface area contributed by atoms with Gasteiger partial charge in [0.1, 0.15) is 0 Å². The van der Waals surface area contributed by atoms with Crippen molar-refractivity contribution in [3.8, 4) is 0 Å². The van der Waals surface area contributed by atoms with Gasteiger partial charge in [0.25, 0.3) is 0 Å². The standard InChI is InChI=1S/C12H21N3OS/c1-9(11(13)17)8-14-4-6-15(7-5-14)12(16)10-2-3-10/h9-10H,2-8H2,1H3,(H2,13,17). The molecule has 2 fully saturated rings. The van der Waals surface area contributed by atoms with Crippen molar-refractivity contribution in [3.05, 3.63) is 0 Å². The Labute approximate surface area is 108 Å². The van der Waals surface area contributed by atoms with Crippen LogP contribution >= 0.6 is 12.2 Å². The number of amides is 1. The van der Waals surface area contributed by atoms with E-state index in [2.05, 4.69) is 11.8 Å².